The first-order valence-corrected chi connectivity index (χ1v) is 9.79. The zero-order valence-corrected chi connectivity index (χ0v) is 15.7. The summed E-state index contributed by atoms with van der Waals surface area (Å²) in [6, 6.07) is 11.5. The largest absolute Gasteiger partial charge is 0.329 e. The van der Waals surface area contributed by atoms with Crippen LogP contribution in [0.3, 0.4) is 0 Å². The van der Waals surface area contributed by atoms with E-state index in [0.717, 1.165) is 17.7 Å². The summed E-state index contributed by atoms with van der Waals surface area (Å²) in [6.07, 6.45) is 2.05. The van der Waals surface area contributed by atoms with Crippen molar-refractivity contribution >= 4 is 28.0 Å². The van der Waals surface area contributed by atoms with Crippen LogP contribution < -0.4 is 5.56 Å². The van der Waals surface area contributed by atoms with Gasteiger partial charge in [-0.1, -0.05) is 24.3 Å². The highest BCUT2D eigenvalue weighted by Gasteiger charge is 2.35. The van der Waals surface area contributed by atoms with Crippen LogP contribution in [-0.4, -0.2) is 26.6 Å². The molecule has 0 saturated heterocycles. The molecule has 1 amide bonds. The number of hydrogen-bond donors (Lipinski definition) is 0. The molecule has 2 heterocycles. The van der Waals surface area contributed by atoms with Crippen molar-refractivity contribution in [2.24, 2.45) is 0 Å². The first-order valence-electron chi connectivity index (χ1n) is 8.91. The second kappa shape index (κ2) is 6.68. The van der Waals surface area contributed by atoms with Crippen molar-refractivity contribution in [1.29, 1.82) is 0 Å². The van der Waals surface area contributed by atoms with E-state index in [0.29, 0.717) is 23.0 Å². The third-order valence-electron chi connectivity index (χ3n) is 4.67. The van der Waals surface area contributed by atoms with Gasteiger partial charge in [0.1, 0.15) is 0 Å². The topological polar surface area (TPSA) is 55.2 Å². The maximum Gasteiger partial charge on any atom is 0.275 e. The Kier molecular flexibility index (Phi) is 4.36. The lowest BCUT2D eigenvalue weighted by Gasteiger charge is -2.23. The number of thiophene rings is 1. The number of fused-ring (bicyclic) bond motifs is 1. The molecule has 1 saturated carbocycles. The van der Waals surface area contributed by atoms with Crippen molar-refractivity contribution < 1.29 is 4.79 Å². The minimum Gasteiger partial charge on any atom is -0.329 e. The summed E-state index contributed by atoms with van der Waals surface area (Å²) in [5.41, 5.74) is 0.223. The van der Waals surface area contributed by atoms with Gasteiger partial charge in [0.05, 0.1) is 18.0 Å². The Bertz CT molecular complexity index is 1000. The van der Waals surface area contributed by atoms with Gasteiger partial charge in [0.25, 0.3) is 11.5 Å². The summed E-state index contributed by atoms with van der Waals surface area (Å²) in [6.45, 7) is 4.40. The van der Waals surface area contributed by atoms with E-state index in [1.807, 2.05) is 54.5 Å². The number of carbonyl (C=O) groups excluding carboxylic acids is 1. The first-order chi connectivity index (χ1) is 12.6. The standard InChI is InChI=1S/C20H21N3O2S/c1-13(2)23-19(24)17-8-4-3-7-16(17)18(21-23)20(25)22(14-9-10-14)12-15-6-5-11-26-15/h3-8,11,13-14H,9-10,12H2,1-2H3. The smallest absolute Gasteiger partial charge is 0.275 e. The molecule has 0 bridgehead atoms. The summed E-state index contributed by atoms with van der Waals surface area (Å²) in [7, 11) is 0. The third kappa shape index (κ3) is 3.05. The maximum atomic E-state index is 13.4. The van der Waals surface area contributed by atoms with E-state index in [4.69, 9.17) is 0 Å². The highest BCUT2D eigenvalue weighted by Crippen LogP contribution is 2.31. The highest BCUT2D eigenvalue weighted by molar-refractivity contribution is 7.09. The Morgan fingerprint density at radius 3 is 2.58 bits per heavy atom. The van der Waals surface area contributed by atoms with Gasteiger partial charge in [0.2, 0.25) is 0 Å². The van der Waals surface area contributed by atoms with Crippen molar-refractivity contribution in [2.75, 3.05) is 0 Å². The predicted octanol–water partition coefficient (Wildman–Crippen LogP) is 3.84. The molecule has 4 rings (SSSR count). The van der Waals surface area contributed by atoms with Gasteiger partial charge in [0.15, 0.2) is 5.69 Å². The average molecular weight is 367 g/mol. The highest BCUT2D eigenvalue weighted by atomic mass is 32.1. The van der Waals surface area contributed by atoms with Crippen molar-refractivity contribution in [1.82, 2.24) is 14.7 Å². The van der Waals surface area contributed by atoms with Gasteiger partial charge in [-0.15, -0.1) is 11.3 Å². The van der Waals surface area contributed by atoms with E-state index < -0.39 is 0 Å². The molecule has 0 atom stereocenters. The van der Waals surface area contributed by atoms with Crippen LogP contribution in [0.25, 0.3) is 10.8 Å². The van der Waals surface area contributed by atoms with Crippen LogP contribution in [-0.2, 0) is 6.54 Å². The van der Waals surface area contributed by atoms with Gasteiger partial charge in [-0.05, 0) is 44.2 Å². The number of amides is 1. The maximum absolute atomic E-state index is 13.4. The molecule has 0 unspecified atom stereocenters. The molecular formula is C20H21N3O2S. The summed E-state index contributed by atoms with van der Waals surface area (Å²) in [4.78, 5) is 29.2. The number of aromatic nitrogens is 2. The Morgan fingerprint density at radius 1 is 1.23 bits per heavy atom. The first kappa shape index (κ1) is 17.0. The average Bonchev–Trinajstić information content (AvgIpc) is 3.35. The molecule has 26 heavy (non-hydrogen) atoms. The fraction of sp³-hybridized carbons (Fsp3) is 0.350. The number of hydrogen-bond acceptors (Lipinski definition) is 4. The van der Waals surface area contributed by atoms with Gasteiger partial charge < -0.3 is 4.90 Å². The lowest BCUT2D eigenvalue weighted by molar-refractivity contribution is 0.0725. The third-order valence-corrected chi connectivity index (χ3v) is 5.54. The van der Waals surface area contributed by atoms with Crippen LogP contribution in [0.5, 0.6) is 0 Å². The molecule has 5 nitrogen and oxygen atoms in total. The lowest BCUT2D eigenvalue weighted by atomic mass is 10.1. The quantitative estimate of drug-likeness (QED) is 0.688. The van der Waals surface area contributed by atoms with E-state index in [1.54, 1.807) is 17.4 Å². The Hall–Kier alpha value is -2.47. The molecule has 0 aliphatic heterocycles. The fourth-order valence-electron chi connectivity index (χ4n) is 3.17. The molecule has 1 aromatic carbocycles. The van der Waals surface area contributed by atoms with Gasteiger partial charge in [-0.25, -0.2) is 4.68 Å². The van der Waals surface area contributed by atoms with E-state index in [2.05, 4.69) is 5.10 Å². The lowest BCUT2D eigenvalue weighted by Crippen LogP contribution is -2.35. The summed E-state index contributed by atoms with van der Waals surface area (Å²) >= 11 is 1.65. The summed E-state index contributed by atoms with van der Waals surface area (Å²) in [5.74, 6) is -0.0912. The van der Waals surface area contributed by atoms with Crippen LogP contribution in [0.2, 0.25) is 0 Å². The van der Waals surface area contributed by atoms with Gasteiger partial charge >= 0.3 is 0 Å². The molecule has 3 aromatic rings. The zero-order chi connectivity index (χ0) is 18.3. The van der Waals surface area contributed by atoms with E-state index in [-0.39, 0.29) is 23.6 Å². The van der Waals surface area contributed by atoms with E-state index >= 15 is 0 Å². The molecule has 1 aliphatic carbocycles. The van der Waals surface area contributed by atoms with Crippen molar-refractivity contribution in [2.45, 2.75) is 45.3 Å². The summed E-state index contributed by atoms with van der Waals surface area (Å²) < 4.78 is 1.42. The van der Waals surface area contributed by atoms with Crippen molar-refractivity contribution in [3.8, 4) is 0 Å². The molecule has 0 N–H and O–H groups in total. The van der Waals surface area contributed by atoms with Crippen LogP contribution in [0.1, 0.15) is 48.1 Å². The predicted molar refractivity (Wildman–Crippen MR) is 104 cm³/mol. The Balaban J connectivity index is 1.82. The van der Waals surface area contributed by atoms with Crippen LogP contribution in [0.4, 0.5) is 0 Å². The van der Waals surface area contributed by atoms with Crippen LogP contribution in [0.15, 0.2) is 46.6 Å². The normalized spacial score (nSPS) is 14.1. The number of benzene rings is 1. The molecule has 1 aliphatic rings. The zero-order valence-electron chi connectivity index (χ0n) is 14.9. The van der Waals surface area contributed by atoms with Gasteiger partial charge in [0, 0.05) is 16.3 Å². The SMILES string of the molecule is CC(C)n1nc(C(=O)N(Cc2cccs2)C2CC2)c2ccccc2c1=O. The molecule has 134 valence electrons. The van der Waals surface area contributed by atoms with Crippen molar-refractivity contribution in [3.63, 3.8) is 0 Å². The van der Waals surface area contributed by atoms with Crippen LogP contribution >= 0.6 is 11.3 Å². The van der Waals surface area contributed by atoms with E-state index in [1.165, 1.54) is 4.68 Å². The van der Waals surface area contributed by atoms with E-state index in [9.17, 15) is 9.59 Å². The van der Waals surface area contributed by atoms with Gasteiger partial charge in [-0.3, -0.25) is 9.59 Å². The number of nitrogens with zero attached hydrogens (tertiary/aromatic N) is 3. The molecule has 1 fully saturated rings. The number of rotatable bonds is 5. The van der Waals surface area contributed by atoms with Gasteiger partial charge in [-0.2, -0.15) is 5.10 Å². The second-order valence-electron chi connectivity index (χ2n) is 6.98. The molecule has 0 radical (unpaired) electrons. The molecule has 6 heteroatoms. The van der Waals surface area contributed by atoms with Crippen molar-refractivity contribution in [3.05, 3.63) is 62.7 Å². The fourth-order valence-corrected chi connectivity index (χ4v) is 3.88. The van der Waals surface area contributed by atoms with Crippen LogP contribution in [0, 0.1) is 0 Å². The minimum atomic E-state index is -0.150. The Labute approximate surface area is 155 Å². The minimum absolute atomic E-state index is 0.0912. The Morgan fingerprint density at radius 2 is 1.96 bits per heavy atom. The number of carbonyl (C=O) groups is 1. The monoisotopic (exact) mass is 367 g/mol. The molecule has 0 spiro atoms. The summed E-state index contributed by atoms with van der Waals surface area (Å²) in [5, 5.41) is 7.68. The second-order valence-corrected chi connectivity index (χ2v) is 8.01. The molecule has 2 aromatic heterocycles. The molecular weight excluding hydrogens is 346 g/mol.